The topological polar surface area (TPSA) is 393 Å². The molecule has 5 saturated heterocycles. The zero-order valence-corrected chi connectivity index (χ0v) is 49.5. The molecule has 0 aromatic heterocycles. The number of rotatable bonds is 13. The van der Waals surface area contributed by atoms with E-state index in [9.17, 15) is 71.5 Å². The standard InChI is InChI=1S/C59H96O25/c1-23(2)26-12-17-59(54(74)84-52-45(72)41(68)38(65)30(80-52)22-76-49-46(73)42(69)47(29(20-60)79-49)82-50-43(70)39(66)35(62)24(3)77-50)19-18-57(8)27(34(26)59)10-11-32-56(7)15-14-33(55(5,6)31(56)13-16-58(32,57)9)81-53-48(37(64)28(61)21-75-53)83-51-44(71)40(67)36(63)25(4)78-51/h24-53,60-73H,1,10-22H2,2-9H3/t24-,25+,26+,27+,28-,29-,30+,31-,32-,33+,34-,35-,36+,37-,38+,39+,40-,41+,42+,43+,44-,45-,46-,47-,48-,49-,50-,51+,52+,53+,56+,57+,58+,59-/m0/s1. The second-order valence-corrected chi connectivity index (χ2v) is 28.1. The number of fused-ring (bicyclic) bond motifs is 7. The van der Waals surface area contributed by atoms with Crippen molar-refractivity contribution in [2.24, 2.45) is 56.7 Å². The van der Waals surface area contributed by atoms with Gasteiger partial charge in [0.1, 0.15) is 104 Å². The zero-order valence-electron chi connectivity index (χ0n) is 49.5. The molecule has 0 bridgehead atoms. The highest BCUT2D eigenvalue weighted by Crippen LogP contribution is 2.78. The SMILES string of the molecule is C=C(C)[C@H]1CC[C@]2(C(=O)O[C@H]3O[C@H](CO[C@H]4O[C@@H](CO)[C@H](O[C@@H]5O[C@@H](C)[C@H](O)[C@@H](O)[C@H]5O)[C@H](O)[C@@H]4O)[C@@H](O)[C@@H](O)[C@@H]3O)CC[C@]3(C)[C@H](CC[C@H]4[C@]5(C)CC[C@@H](O[C@H]6OC[C@H](O)[C@H](O)[C@@H]6O[C@H]6O[C@H](C)[C@@H](O)[C@H](O)[C@@H]6O)C(C)(C)[C@@H]5CC[C@]43C)[C@H]12. The monoisotopic (exact) mass is 1200 g/mol. The zero-order chi connectivity index (χ0) is 61.2. The van der Waals surface area contributed by atoms with E-state index in [2.05, 4.69) is 41.2 Å². The molecular formula is C59H96O25. The van der Waals surface area contributed by atoms with E-state index in [0.29, 0.717) is 32.1 Å². The highest BCUT2D eigenvalue weighted by molar-refractivity contribution is 5.78. The molecule has 5 aliphatic heterocycles. The predicted molar refractivity (Wildman–Crippen MR) is 287 cm³/mol. The fourth-order valence-corrected chi connectivity index (χ4v) is 18.4. The quantitative estimate of drug-likeness (QED) is 0.0557. The molecule has 34 atom stereocenters. The van der Waals surface area contributed by atoms with Crippen LogP contribution in [-0.2, 0) is 52.2 Å². The third-order valence-electron chi connectivity index (χ3n) is 23.5. The molecule has 10 aliphatic rings. The number of allylic oxidation sites excluding steroid dienone is 1. The van der Waals surface area contributed by atoms with Gasteiger partial charge in [-0.15, -0.1) is 0 Å². The molecule has 5 saturated carbocycles. The first-order valence-corrected chi connectivity index (χ1v) is 30.5. The number of aliphatic hydroxyl groups excluding tert-OH is 14. The first-order valence-electron chi connectivity index (χ1n) is 30.5. The lowest BCUT2D eigenvalue weighted by molar-refractivity contribution is -0.365. The van der Waals surface area contributed by atoms with Gasteiger partial charge < -0.3 is 119 Å². The summed E-state index contributed by atoms with van der Waals surface area (Å²) in [4.78, 5) is 15.2. The Balaban J connectivity index is 0.812. The van der Waals surface area contributed by atoms with Crippen LogP contribution in [0.1, 0.15) is 120 Å². The smallest absolute Gasteiger partial charge is 0.314 e. The van der Waals surface area contributed by atoms with E-state index in [-0.39, 0.29) is 58.5 Å². The number of carbonyl (C=O) groups excluding carboxylic acids is 1. The molecule has 0 aromatic rings. The van der Waals surface area contributed by atoms with E-state index in [1.807, 2.05) is 6.92 Å². The van der Waals surface area contributed by atoms with Gasteiger partial charge in [-0.1, -0.05) is 46.8 Å². The summed E-state index contributed by atoms with van der Waals surface area (Å²) in [5.74, 6) is -0.265. The van der Waals surface area contributed by atoms with Gasteiger partial charge in [-0.3, -0.25) is 4.79 Å². The van der Waals surface area contributed by atoms with E-state index in [1.165, 1.54) is 13.8 Å². The third-order valence-corrected chi connectivity index (χ3v) is 23.5. The van der Waals surface area contributed by atoms with Crippen molar-refractivity contribution in [3.8, 4) is 0 Å². The minimum absolute atomic E-state index is 0.0256. The Kier molecular flexibility index (Phi) is 18.8. The summed E-state index contributed by atoms with van der Waals surface area (Å²) in [6.07, 6.45) is -29.9. The van der Waals surface area contributed by atoms with Gasteiger partial charge in [0.2, 0.25) is 6.29 Å². The second kappa shape index (κ2) is 24.2. The highest BCUT2D eigenvalue weighted by atomic mass is 16.8. The van der Waals surface area contributed by atoms with Crippen molar-refractivity contribution in [1.82, 2.24) is 0 Å². The van der Waals surface area contributed by atoms with Crippen molar-refractivity contribution in [3.05, 3.63) is 12.2 Å². The molecule has 14 N–H and O–H groups in total. The maximum Gasteiger partial charge on any atom is 0.314 e. The third kappa shape index (κ3) is 10.7. The maximum atomic E-state index is 15.2. The molecule has 0 unspecified atom stereocenters. The lowest BCUT2D eigenvalue weighted by atomic mass is 9.32. The van der Waals surface area contributed by atoms with Crippen LogP contribution in [0.4, 0.5) is 0 Å². The average Bonchev–Trinajstić information content (AvgIpc) is 1.04. The normalized spacial score (nSPS) is 55.6. The Hall–Kier alpha value is -1.71. The maximum absolute atomic E-state index is 15.2. The molecule has 25 nitrogen and oxygen atoms in total. The minimum Gasteiger partial charge on any atom is -0.432 e. The first-order chi connectivity index (χ1) is 39.4. The van der Waals surface area contributed by atoms with Gasteiger partial charge in [0.15, 0.2) is 25.2 Å². The molecule has 482 valence electrons. The molecule has 10 rings (SSSR count). The Morgan fingerprint density at radius 1 is 0.536 bits per heavy atom. The second-order valence-electron chi connectivity index (χ2n) is 28.1. The van der Waals surface area contributed by atoms with Crippen LogP contribution in [0.15, 0.2) is 12.2 Å². The molecule has 25 heteroatoms. The molecule has 0 aromatic carbocycles. The van der Waals surface area contributed by atoms with E-state index in [1.54, 1.807) is 0 Å². The van der Waals surface area contributed by atoms with Crippen molar-refractivity contribution in [2.75, 3.05) is 19.8 Å². The Morgan fingerprint density at radius 3 is 1.74 bits per heavy atom. The summed E-state index contributed by atoms with van der Waals surface area (Å²) < 4.78 is 59.6. The van der Waals surface area contributed by atoms with E-state index < -0.39 is 177 Å². The van der Waals surface area contributed by atoms with Crippen molar-refractivity contribution < 1.29 is 124 Å². The summed E-state index contributed by atoms with van der Waals surface area (Å²) in [5.41, 5.74) is -1.03. The molecule has 5 aliphatic carbocycles. The molecular weight excluding hydrogens is 1110 g/mol. The van der Waals surface area contributed by atoms with Crippen LogP contribution in [0, 0.1) is 56.7 Å². The molecule has 10 fully saturated rings. The summed E-state index contributed by atoms with van der Waals surface area (Å²) in [5, 5.41) is 151. The van der Waals surface area contributed by atoms with Crippen molar-refractivity contribution in [3.63, 3.8) is 0 Å². The van der Waals surface area contributed by atoms with Crippen LogP contribution in [0.25, 0.3) is 0 Å². The molecule has 0 radical (unpaired) electrons. The fourth-order valence-electron chi connectivity index (χ4n) is 18.4. The number of hydrogen-bond donors (Lipinski definition) is 14. The molecule has 84 heavy (non-hydrogen) atoms. The van der Waals surface area contributed by atoms with Gasteiger partial charge in [0.25, 0.3) is 0 Å². The number of ether oxygens (including phenoxy) is 10. The van der Waals surface area contributed by atoms with Gasteiger partial charge in [0.05, 0.1) is 43.5 Å². The Morgan fingerprint density at radius 2 is 1.12 bits per heavy atom. The van der Waals surface area contributed by atoms with Crippen molar-refractivity contribution in [2.45, 2.75) is 273 Å². The van der Waals surface area contributed by atoms with Crippen molar-refractivity contribution >= 4 is 5.97 Å². The highest BCUT2D eigenvalue weighted by Gasteiger charge is 2.73. The average molecular weight is 1210 g/mol. The summed E-state index contributed by atoms with van der Waals surface area (Å²) in [6, 6.07) is 0. The number of esters is 1. The number of carbonyl (C=O) groups is 1. The van der Waals surface area contributed by atoms with Crippen LogP contribution in [0.5, 0.6) is 0 Å². The number of hydrogen-bond acceptors (Lipinski definition) is 25. The van der Waals surface area contributed by atoms with Crippen LogP contribution < -0.4 is 0 Å². The number of aliphatic hydroxyl groups is 14. The van der Waals surface area contributed by atoms with Gasteiger partial charge >= 0.3 is 5.97 Å². The van der Waals surface area contributed by atoms with E-state index in [4.69, 9.17) is 47.4 Å². The molecule has 0 amide bonds. The molecule has 0 spiro atoms. The van der Waals surface area contributed by atoms with Gasteiger partial charge in [-0.2, -0.15) is 0 Å². The fraction of sp³-hybridized carbons (Fsp3) is 0.949. The minimum atomic E-state index is -1.89. The first kappa shape index (κ1) is 65.2. The summed E-state index contributed by atoms with van der Waals surface area (Å²) in [6.45, 7) is 19.5. The van der Waals surface area contributed by atoms with Crippen LogP contribution in [-0.4, -0.2) is 251 Å². The van der Waals surface area contributed by atoms with Gasteiger partial charge in [-0.25, -0.2) is 0 Å². The van der Waals surface area contributed by atoms with E-state index in [0.717, 1.165) is 37.7 Å². The van der Waals surface area contributed by atoms with Gasteiger partial charge in [0, 0.05) is 0 Å². The van der Waals surface area contributed by atoms with Gasteiger partial charge in [-0.05, 0) is 136 Å². The Bertz CT molecular complexity index is 2320. The molecule has 5 heterocycles. The van der Waals surface area contributed by atoms with Crippen LogP contribution in [0.3, 0.4) is 0 Å². The van der Waals surface area contributed by atoms with Crippen molar-refractivity contribution in [1.29, 1.82) is 0 Å². The summed E-state index contributed by atoms with van der Waals surface area (Å²) >= 11 is 0. The van der Waals surface area contributed by atoms with Crippen LogP contribution >= 0.6 is 0 Å². The Labute approximate surface area is 490 Å². The van der Waals surface area contributed by atoms with E-state index >= 15 is 4.79 Å². The lowest BCUT2D eigenvalue weighted by Gasteiger charge is -2.73. The van der Waals surface area contributed by atoms with Crippen LogP contribution in [0.2, 0.25) is 0 Å². The summed E-state index contributed by atoms with van der Waals surface area (Å²) in [7, 11) is 0. The lowest BCUT2D eigenvalue weighted by Crippen LogP contribution is -2.68. The largest absolute Gasteiger partial charge is 0.432 e. The predicted octanol–water partition coefficient (Wildman–Crippen LogP) is -1.66.